The summed E-state index contributed by atoms with van der Waals surface area (Å²) in [6.07, 6.45) is 2.23. The lowest BCUT2D eigenvalue weighted by atomic mass is 9.96. The Bertz CT molecular complexity index is 1020. The molecule has 3 aromatic rings. The van der Waals surface area contributed by atoms with Crippen molar-refractivity contribution in [1.29, 1.82) is 0 Å². The molecule has 1 N–H and O–H groups in total. The predicted molar refractivity (Wildman–Crippen MR) is 110 cm³/mol. The van der Waals surface area contributed by atoms with Crippen molar-refractivity contribution in [1.82, 2.24) is 24.9 Å². The number of halogens is 3. The van der Waals surface area contributed by atoms with Crippen molar-refractivity contribution in [2.24, 2.45) is 5.92 Å². The van der Waals surface area contributed by atoms with Crippen LogP contribution in [0.25, 0.3) is 11.3 Å². The van der Waals surface area contributed by atoms with E-state index in [1.54, 1.807) is 35.9 Å². The third-order valence-electron chi connectivity index (χ3n) is 4.87. The van der Waals surface area contributed by atoms with Gasteiger partial charge in [-0.25, -0.2) is 4.79 Å². The number of aliphatic carboxylic acids is 1. The van der Waals surface area contributed by atoms with Crippen LogP contribution in [0.3, 0.4) is 0 Å². The SMILES string of the molecule is O=C(O)C(F)(F)F.O=C(c1ccncc1)N1CCC(Cn2cc(-c3ccsc3)nn2)CC1. The van der Waals surface area contributed by atoms with Gasteiger partial charge in [-0.1, -0.05) is 5.21 Å². The largest absolute Gasteiger partial charge is 0.490 e. The summed E-state index contributed by atoms with van der Waals surface area (Å²) in [5, 5.41) is 19.8. The molecule has 1 fully saturated rings. The van der Waals surface area contributed by atoms with Gasteiger partial charge in [0, 0.05) is 48.5 Å². The van der Waals surface area contributed by atoms with Gasteiger partial charge in [-0.15, -0.1) is 5.10 Å². The first kappa shape index (κ1) is 23.4. The monoisotopic (exact) mass is 467 g/mol. The van der Waals surface area contributed by atoms with Gasteiger partial charge in [-0.05, 0) is 42.3 Å². The third-order valence-corrected chi connectivity index (χ3v) is 5.56. The van der Waals surface area contributed by atoms with Crippen molar-refractivity contribution >= 4 is 23.2 Å². The number of piperidine rings is 1. The molecule has 1 aliphatic heterocycles. The van der Waals surface area contributed by atoms with Crippen molar-refractivity contribution in [2.75, 3.05) is 13.1 Å². The summed E-state index contributed by atoms with van der Waals surface area (Å²) in [5.74, 6) is -2.13. The van der Waals surface area contributed by atoms with E-state index >= 15 is 0 Å². The molecule has 1 aliphatic rings. The molecule has 170 valence electrons. The second-order valence-electron chi connectivity index (χ2n) is 7.11. The Morgan fingerprint density at radius 1 is 1.16 bits per heavy atom. The highest BCUT2D eigenvalue weighted by Gasteiger charge is 2.38. The minimum atomic E-state index is -5.08. The maximum atomic E-state index is 12.5. The quantitative estimate of drug-likeness (QED) is 0.629. The zero-order chi connectivity index (χ0) is 23.1. The summed E-state index contributed by atoms with van der Waals surface area (Å²) >= 11 is 1.66. The number of carbonyl (C=O) groups is 2. The predicted octanol–water partition coefficient (Wildman–Crippen LogP) is 3.59. The number of carbonyl (C=O) groups excluding carboxylic acids is 1. The lowest BCUT2D eigenvalue weighted by Crippen LogP contribution is -2.39. The summed E-state index contributed by atoms with van der Waals surface area (Å²) in [6.45, 7) is 2.43. The number of pyridine rings is 1. The number of alkyl halides is 3. The summed E-state index contributed by atoms with van der Waals surface area (Å²) in [6, 6.07) is 5.60. The Balaban J connectivity index is 0.000000360. The van der Waals surface area contributed by atoms with Gasteiger partial charge in [0.15, 0.2) is 0 Å². The van der Waals surface area contributed by atoms with Crippen LogP contribution in [0.2, 0.25) is 0 Å². The fourth-order valence-electron chi connectivity index (χ4n) is 3.19. The number of hydrogen-bond donors (Lipinski definition) is 1. The Morgan fingerprint density at radius 2 is 1.81 bits per heavy atom. The molecule has 1 saturated heterocycles. The van der Waals surface area contributed by atoms with E-state index in [0.717, 1.165) is 43.7 Å². The van der Waals surface area contributed by atoms with E-state index in [-0.39, 0.29) is 5.91 Å². The second kappa shape index (κ2) is 10.4. The number of likely N-dealkylation sites (tertiary alicyclic amines) is 1. The van der Waals surface area contributed by atoms with Crippen molar-refractivity contribution in [3.05, 3.63) is 53.1 Å². The van der Waals surface area contributed by atoms with Crippen molar-refractivity contribution in [2.45, 2.75) is 25.6 Å². The minimum absolute atomic E-state index is 0.0985. The van der Waals surface area contributed by atoms with Gasteiger partial charge in [-0.3, -0.25) is 14.5 Å². The van der Waals surface area contributed by atoms with E-state index in [0.29, 0.717) is 11.5 Å². The van der Waals surface area contributed by atoms with Crippen LogP contribution in [0.15, 0.2) is 47.5 Å². The Morgan fingerprint density at radius 3 is 2.38 bits per heavy atom. The molecule has 0 radical (unpaired) electrons. The normalized spacial score (nSPS) is 14.5. The lowest BCUT2D eigenvalue weighted by molar-refractivity contribution is -0.192. The van der Waals surface area contributed by atoms with Crippen LogP contribution in [0.1, 0.15) is 23.2 Å². The highest BCUT2D eigenvalue weighted by molar-refractivity contribution is 7.08. The first-order chi connectivity index (χ1) is 15.2. The van der Waals surface area contributed by atoms with Gasteiger partial charge in [0.1, 0.15) is 5.69 Å². The molecule has 0 atom stereocenters. The maximum Gasteiger partial charge on any atom is 0.490 e. The molecular formula is C20H20F3N5O3S. The van der Waals surface area contributed by atoms with E-state index in [2.05, 4.69) is 26.7 Å². The van der Waals surface area contributed by atoms with E-state index < -0.39 is 12.1 Å². The highest BCUT2D eigenvalue weighted by atomic mass is 32.1. The van der Waals surface area contributed by atoms with Crippen LogP contribution in [0, 0.1) is 5.92 Å². The number of carboxylic acid groups (broad SMARTS) is 1. The number of thiophene rings is 1. The number of carboxylic acids is 1. The molecule has 0 aromatic carbocycles. The molecule has 0 saturated carbocycles. The first-order valence-corrected chi connectivity index (χ1v) is 10.6. The van der Waals surface area contributed by atoms with Crippen LogP contribution < -0.4 is 0 Å². The van der Waals surface area contributed by atoms with Gasteiger partial charge in [0.05, 0.1) is 6.20 Å². The maximum absolute atomic E-state index is 12.5. The van der Waals surface area contributed by atoms with Crippen LogP contribution in [0.5, 0.6) is 0 Å². The molecule has 4 heterocycles. The van der Waals surface area contributed by atoms with Gasteiger partial charge in [-0.2, -0.15) is 24.5 Å². The van der Waals surface area contributed by atoms with Crippen molar-refractivity contribution < 1.29 is 27.9 Å². The molecular weight excluding hydrogens is 447 g/mol. The van der Waals surface area contributed by atoms with E-state index in [9.17, 15) is 18.0 Å². The minimum Gasteiger partial charge on any atom is -0.475 e. The molecule has 32 heavy (non-hydrogen) atoms. The van der Waals surface area contributed by atoms with Crippen molar-refractivity contribution in [3.63, 3.8) is 0 Å². The molecule has 4 rings (SSSR count). The number of nitrogens with zero attached hydrogens (tertiary/aromatic N) is 5. The fraction of sp³-hybridized carbons (Fsp3) is 0.350. The Hall–Kier alpha value is -3.28. The fourth-order valence-corrected chi connectivity index (χ4v) is 3.84. The van der Waals surface area contributed by atoms with Crippen LogP contribution in [0.4, 0.5) is 13.2 Å². The summed E-state index contributed by atoms with van der Waals surface area (Å²) in [7, 11) is 0. The zero-order valence-electron chi connectivity index (χ0n) is 16.8. The molecule has 0 unspecified atom stereocenters. The van der Waals surface area contributed by atoms with Crippen LogP contribution >= 0.6 is 11.3 Å². The number of hydrogen-bond acceptors (Lipinski definition) is 6. The number of rotatable bonds is 4. The van der Waals surface area contributed by atoms with E-state index in [4.69, 9.17) is 9.90 Å². The Kier molecular flexibility index (Phi) is 7.57. The van der Waals surface area contributed by atoms with Gasteiger partial charge >= 0.3 is 12.1 Å². The molecule has 8 nitrogen and oxygen atoms in total. The van der Waals surface area contributed by atoms with E-state index in [1.165, 1.54) is 0 Å². The summed E-state index contributed by atoms with van der Waals surface area (Å²) in [5.41, 5.74) is 2.76. The van der Waals surface area contributed by atoms with Crippen LogP contribution in [-0.4, -0.2) is 61.1 Å². The van der Waals surface area contributed by atoms with Gasteiger partial charge in [0.2, 0.25) is 0 Å². The topological polar surface area (TPSA) is 101 Å². The Labute approximate surface area is 185 Å². The number of amides is 1. The van der Waals surface area contributed by atoms with Gasteiger partial charge in [0.25, 0.3) is 5.91 Å². The second-order valence-corrected chi connectivity index (χ2v) is 7.89. The van der Waals surface area contributed by atoms with Crippen LogP contribution in [-0.2, 0) is 11.3 Å². The average Bonchev–Trinajstić information content (AvgIpc) is 3.46. The molecule has 3 aromatic heterocycles. The molecule has 0 spiro atoms. The molecule has 12 heteroatoms. The van der Waals surface area contributed by atoms with Gasteiger partial charge < -0.3 is 10.0 Å². The molecule has 0 bridgehead atoms. The summed E-state index contributed by atoms with van der Waals surface area (Å²) < 4.78 is 33.7. The summed E-state index contributed by atoms with van der Waals surface area (Å²) in [4.78, 5) is 27.3. The third kappa shape index (κ3) is 6.36. The first-order valence-electron chi connectivity index (χ1n) is 9.66. The zero-order valence-corrected chi connectivity index (χ0v) is 17.6. The van der Waals surface area contributed by atoms with E-state index in [1.807, 2.05) is 21.2 Å². The number of aromatic nitrogens is 4. The molecule has 0 aliphatic carbocycles. The lowest BCUT2D eigenvalue weighted by Gasteiger charge is -2.31. The highest BCUT2D eigenvalue weighted by Crippen LogP contribution is 2.23. The molecule has 1 amide bonds. The standard InChI is InChI=1S/C18H19N5OS.C2HF3O2/c24-18(15-1-6-19-7-2-15)22-8-3-14(4-9-22)11-23-12-17(20-21-23)16-5-10-25-13-16;3-2(4,5)1(6)7/h1-2,5-7,10,12-14H,3-4,8-9,11H2;(H,6,7). The smallest absolute Gasteiger partial charge is 0.475 e. The average molecular weight is 467 g/mol. The van der Waals surface area contributed by atoms with Crippen molar-refractivity contribution in [3.8, 4) is 11.3 Å².